The molecule has 4 nitrogen and oxygen atoms in total. The van der Waals surface area contributed by atoms with Crippen LogP contribution in [0.4, 0.5) is 4.39 Å². The third-order valence-corrected chi connectivity index (χ3v) is 4.76. The summed E-state index contributed by atoms with van der Waals surface area (Å²) in [7, 11) is -0.852. The maximum absolute atomic E-state index is 14.2. The van der Waals surface area contributed by atoms with Gasteiger partial charge in [0.05, 0.1) is 16.6 Å². The van der Waals surface area contributed by atoms with Gasteiger partial charge in [-0.2, -0.15) is 0 Å². The highest BCUT2D eigenvalue weighted by Gasteiger charge is 2.52. The van der Waals surface area contributed by atoms with Crippen molar-refractivity contribution in [2.45, 2.75) is 58.2 Å². The van der Waals surface area contributed by atoms with E-state index in [4.69, 9.17) is 9.31 Å². The molecule has 0 aliphatic carbocycles. The average molecular weight is 308 g/mol. The van der Waals surface area contributed by atoms with Crippen molar-refractivity contribution in [3.63, 3.8) is 0 Å². The van der Waals surface area contributed by atoms with Gasteiger partial charge in [0.25, 0.3) is 0 Å². The second kappa shape index (κ2) is 5.06. The molecule has 120 valence electrons. The molecule has 0 radical (unpaired) electrons. The summed E-state index contributed by atoms with van der Waals surface area (Å²) in [6, 6.07) is 4.27. The second-order valence-electron chi connectivity index (χ2n) is 7.25. The molecule has 1 aliphatic rings. The quantitative estimate of drug-likeness (QED) is 0.872. The van der Waals surface area contributed by atoms with Crippen LogP contribution < -0.4 is 5.46 Å². The standard InChI is InChI=1S/C16H22BFO4/c1-14(2,13(19)20)10-7-8-12(18)11(9-10)17-21-15(3,4)16(5,6)22-17/h7-9H,1-6H3,(H,19,20). The summed E-state index contributed by atoms with van der Waals surface area (Å²) >= 11 is 0. The molecule has 0 amide bonds. The second-order valence-corrected chi connectivity index (χ2v) is 7.25. The fourth-order valence-corrected chi connectivity index (χ4v) is 2.21. The lowest BCUT2D eigenvalue weighted by Gasteiger charge is -2.32. The fraction of sp³-hybridized carbons (Fsp3) is 0.562. The summed E-state index contributed by atoms with van der Waals surface area (Å²) in [6.07, 6.45) is 0. The highest BCUT2D eigenvalue weighted by molar-refractivity contribution is 6.62. The lowest BCUT2D eigenvalue weighted by molar-refractivity contribution is -0.142. The van der Waals surface area contributed by atoms with Crippen LogP contribution in [0.3, 0.4) is 0 Å². The fourth-order valence-electron chi connectivity index (χ4n) is 2.21. The van der Waals surface area contributed by atoms with Gasteiger partial charge in [0, 0.05) is 5.46 Å². The minimum Gasteiger partial charge on any atom is -0.481 e. The Morgan fingerprint density at radius 2 is 1.68 bits per heavy atom. The van der Waals surface area contributed by atoms with Crippen LogP contribution in [-0.4, -0.2) is 29.4 Å². The van der Waals surface area contributed by atoms with Crippen molar-refractivity contribution in [2.24, 2.45) is 0 Å². The zero-order valence-electron chi connectivity index (χ0n) is 13.9. The Bertz CT molecular complexity index is 594. The topological polar surface area (TPSA) is 55.8 Å². The molecule has 0 aromatic heterocycles. The lowest BCUT2D eigenvalue weighted by Crippen LogP contribution is -2.41. The first-order chi connectivity index (χ1) is 9.88. The first kappa shape index (κ1) is 17.0. The van der Waals surface area contributed by atoms with Crippen molar-refractivity contribution in [2.75, 3.05) is 0 Å². The lowest BCUT2D eigenvalue weighted by atomic mass is 9.74. The molecule has 0 bridgehead atoms. The van der Waals surface area contributed by atoms with Gasteiger partial charge in [-0.1, -0.05) is 12.1 Å². The SMILES string of the molecule is CC(C)(C(=O)O)c1ccc(F)c(B2OC(C)(C)C(C)(C)O2)c1. The van der Waals surface area contributed by atoms with Gasteiger partial charge in [0.15, 0.2) is 0 Å². The predicted octanol–water partition coefficient (Wildman–Crippen LogP) is 2.49. The first-order valence-corrected chi connectivity index (χ1v) is 7.27. The number of hydrogen-bond donors (Lipinski definition) is 1. The van der Waals surface area contributed by atoms with Crippen LogP contribution in [0.15, 0.2) is 18.2 Å². The van der Waals surface area contributed by atoms with E-state index in [9.17, 15) is 14.3 Å². The highest BCUT2D eigenvalue weighted by Crippen LogP contribution is 2.37. The molecule has 22 heavy (non-hydrogen) atoms. The number of carbonyl (C=O) groups is 1. The van der Waals surface area contributed by atoms with Gasteiger partial charge < -0.3 is 14.4 Å². The van der Waals surface area contributed by atoms with E-state index in [1.807, 2.05) is 27.7 Å². The zero-order chi connectivity index (χ0) is 16.9. The molecule has 1 aliphatic heterocycles. The molecular formula is C16H22BFO4. The molecule has 1 fully saturated rings. The normalized spacial score (nSPS) is 20.2. The number of hydrogen-bond acceptors (Lipinski definition) is 3. The Morgan fingerprint density at radius 3 is 2.14 bits per heavy atom. The van der Waals surface area contributed by atoms with E-state index in [0.29, 0.717) is 5.56 Å². The zero-order valence-corrected chi connectivity index (χ0v) is 13.9. The molecule has 0 unspecified atom stereocenters. The Labute approximate surface area is 130 Å². The summed E-state index contributed by atoms with van der Waals surface area (Å²) < 4.78 is 25.9. The largest absolute Gasteiger partial charge is 0.497 e. The molecule has 0 atom stereocenters. The first-order valence-electron chi connectivity index (χ1n) is 7.27. The number of benzene rings is 1. The van der Waals surface area contributed by atoms with Gasteiger partial charge in [-0.15, -0.1) is 0 Å². The molecule has 6 heteroatoms. The van der Waals surface area contributed by atoms with Crippen LogP contribution in [0.2, 0.25) is 0 Å². The van der Waals surface area contributed by atoms with Crippen LogP contribution >= 0.6 is 0 Å². The Hall–Kier alpha value is -1.40. The molecule has 0 spiro atoms. The van der Waals surface area contributed by atoms with Crippen LogP contribution in [0.5, 0.6) is 0 Å². The van der Waals surface area contributed by atoms with Crippen molar-refractivity contribution >= 4 is 18.6 Å². The summed E-state index contributed by atoms with van der Waals surface area (Å²) in [5, 5.41) is 9.33. The van der Waals surface area contributed by atoms with Crippen molar-refractivity contribution in [1.82, 2.24) is 0 Å². The van der Waals surface area contributed by atoms with Crippen LogP contribution in [0.25, 0.3) is 0 Å². The molecule has 1 saturated heterocycles. The molecule has 1 aromatic rings. The predicted molar refractivity (Wildman–Crippen MR) is 82.8 cm³/mol. The third-order valence-electron chi connectivity index (χ3n) is 4.76. The van der Waals surface area contributed by atoms with Gasteiger partial charge in [-0.05, 0) is 53.2 Å². The number of aliphatic carboxylic acids is 1. The van der Waals surface area contributed by atoms with E-state index in [1.165, 1.54) is 18.2 Å². The monoisotopic (exact) mass is 308 g/mol. The van der Waals surface area contributed by atoms with E-state index in [2.05, 4.69) is 0 Å². The van der Waals surface area contributed by atoms with Gasteiger partial charge >= 0.3 is 13.1 Å². The summed E-state index contributed by atoms with van der Waals surface area (Å²) in [4.78, 5) is 11.4. The highest BCUT2D eigenvalue weighted by atomic mass is 19.1. The maximum Gasteiger partial charge on any atom is 0.497 e. The van der Waals surface area contributed by atoms with Gasteiger partial charge in [-0.3, -0.25) is 4.79 Å². The van der Waals surface area contributed by atoms with Gasteiger partial charge in [0.1, 0.15) is 5.82 Å². The van der Waals surface area contributed by atoms with Crippen LogP contribution in [0.1, 0.15) is 47.1 Å². The van der Waals surface area contributed by atoms with Crippen molar-refractivity contribution in [3.8, 4) is 0 Å². The minimum absolute atomic E-state index is 0.227. The Balaban J connectivity index is 2.44. The molecule has 0 saturated carbocycles. The smallest absolute Gasteiger partial charge is 0.481 e. The molecule has 1 heterocycles. The third kappa shape index (κ3) is 2.65. The Morgan fingerprint density at radius 1 is 1.18 bits per heavy atom. The van der Waals surface area contributed by atoms with E-state index in [1.54, 1.807) is 13.8 Å². The van der Waals surface area contributed by atoms with Crippen molar-refractivity contribution in [3.05, 3.63) is 29.6 Å². The number of carboxylic acids is 1. The van der Waals surface area contributed by atoms with Crippen molar-refractivity contribution in [1.29, 1.82) is 0 Å². The van der Waals surface area contributed by atoms with Crippen LogP contribution in [0, 0.1) is 5.82 Å². The minimum atomic E-state index is -1.12. The van der Waals surface area contributed by atoms with E-state index >= 15 is 0 Å². The van der Waals surface area contributed by atoms with E-state index < -0.39 is 35.5 Å². The van der Waals surface area contributed by atoms with Gasteiger partial charge in [-0.25, -0.2) is 4.39 Å². The van der Waals surface area contributed by atoms with Gasteiger partial charge in [0.2, 0.25) is 0 Å². The number of carboxylic acid groups (broad SMARTS) is 1. The molecular weight excluding hydrogens is 286 g/mol. The molecule has 1 N–H and O–H groups in total. The summed E-state index contributed by atoms with van der Waals surface area (Å²) in [5.41, 5.74) is -1.55. The molecule has 2 rings (SSSR count). The van der Waals surface area contributed by atoms with E-state index in [-0.39, 0.29) is 5.46 Å². The molecule has 1 aromatic carbocycles. The van der Waals surface area contributed by atoms with E-state index in [0.717, 1.165) is 0 Å². The Kier molecular flexibility index (Phi) is 3.91. The number of halogens is 1. The number of rotatable bonds is 3. The van der Waals surface area contributed by atoms with Crippen molar-refractivity contribution < 1.29 is 23.6 Å². The summed E-state index contributed by atoms with van der Waals surface area (Å²) in [5.74, 6) is -1.44. The summed E-state index contributed by atoms with van der Waals surface area (Å²) in [6.45, 7) is 10.7. The maximum atomic E-state index is 14.2. The average Bonchev–Trinajstić information content (AvgIpc) is 2.58. The van der Waals surface area contributed by atoms with Crippen LogP contribution in [-0.2, 0) is 19.5 Å².